The molecule has 0 aliphatic heterocycles. The molecule has 3 N–H and O–H groups in total. The first kappa shape index (κ1) is 13.8. The van der Waals surface area contributed by atoms with E-state index in [4.69, 9.17) is 5.73 Å². The molecule has 0 spiro atoms. The Bertz CT molecular complexity index is 774. The van der Waals surface area contributed by atoms with E-state index < -0.39 is 0 Å². The van der Waals surface area contributed by atoms with Crippen LogP contribution in [0.15, 0.2) is 53.4 Å². The normalized spacial score (nSPS) is 12.3. The summed E-state index contributed by atoms with van der Waals surface area (Å²) in [6, 6.07) is 9.96. The molecule has 3 rings (SSSR count). The van der Waals surface area contributed by atoms with Gasteiger partial charge in [0.15, 0.2) is 0 Å². The average molecular weight is 343 g/mol. The SMILES string of the molecule is CC(Nc1ccc(N)c2cc(Br)cnc12)c1cccnc1. The Morgan fingerprint density at radius 2 is 2.10 bits per heavy atom. The van der Waals surface area contributed by atoms with Gasteiger partial charge in [-0.25, -0.2) is 0 Å². The van der Waals surface area contributed by atoms with Gasteiger partial charge in [-0.1, -0.05) is 6.07 Å². The number of nitrogens with zero attached hydrogens (tertiary/aromatic N) is 2. The molecular weight excluding hydrogens is 328 g/mol. The fourth-order valence-corrected chi connectivity index (χ4v) is 2.61. The van der Waals surface area contributed by atoms with Crippen molar-refractivity contribution in [2.45, 2.75) is 13.0 Å². The van der Waals surface area contributed by atoms with Gasteiger partial charge in [0.1, 0.15) is 0 Å². The minimum Gasteiger partial charge on any atom is -0.398 e. The van der Waals surface area contributed by atoms with E-state index in [9.17, 15) is 0 Å². The number of hydrogen-bond acceptors (Lipinski definition) is 4. The first-order valence-electron chi connectivity index (χ1n) is 6.65. The molecule has 1 atom stereocenters. The number of fused-ring (bicyclic) bond motifs is 1. The highest BCUT2D eigenvalue weighted by atomic mass is 79.9. The molecule has 1 aromatic carbocycles. The summed E-state index contributed by atoms with van der Waals surface area (Å²) in [7, 11) is 0. The maximum absolute atomic E-state index is 6.04. The molecule has 0 saturated carbocycles. The topological polar surface area (TPSA) is 63.8 Å². The lowest BCUT2D eigenvalue weighted by Gasteiger charge is -2.17. The highest BCUT2D eigenvalue weighted by Crippen LogP contribution is 2.30. The van der Waals surface area contributed by atoms with E-state index in [0.717, 1.165) is 32.3 Å². The molecule has 0 fully saturated rings. The second-order valence-electron chi connectivity index (χ2n) is 4.90. The van der Waals surface area contributed by atoms with Gasteiger partial charge in [-0.15, -0.1) is 0 Å². The van der Waals surface area contributed by atoms with Crippen molar-refractivity contribution >= 4 is 38.2 Å². The van der Waals surface area contributed by atoms with E-state index in [1.807, 2.05) is 36.5 Å². The van der Waals surface area contributed by atoms with Gasteiger partial charge < -0.3 is 11.1 Å². The molecule has 1 unspecified atom stereocenters. The van der Waals surface area contributed by atoms with Gasteiger partial charge in [0, 0.05) is 34.1 Å². The summed E-state index contributed by atoms with van der Waals surface area (Å²) in [5.41, 5.74) is 9.71. The molecular formula is C16H15BrN4. The zero-order chi connectivity index (χ0) is 14.8. The van der Waals surface area contributed by atoms with Crippen LogP contribution in [0.1, 0.15) is 18.5 Å². The van der Waals surface area contributed by atoms with Gasteiger partial charge in [-0.05, 0) is 52.7 Å². The van der Waals surface area contributed by atoms with Crippen molar-refractivity contribution in [3.8, 4) is 0 Å². The van der Waals surface area contributed by atoms with Crippen molar-refractivity contribution < 1.29 is 0 Å². The molecule has 2 heterocycles. The molecule has 3 aromatic rings. The molecule has 0 aliphatic carbocycles. The van der Waals surface area contributed by atoms with Crippen LogP contribution in [0.5, 0.6) is 0 Å². The number of pyridine rings is 2. The molecule has 0 aliphatic rings. The average Bonchev–Trinajstić information content (AvgIpc) is 2.51. The van der Waals surface area contributed by atoms with Crippen LogP contribution in [0.4, 0.5) is 11.4 Å². The van der Waals surface area contributed by atoms with Crippen LogP contribution in [-0.4, -0.2) is 9.97 Å². The smallest absolute Gasteiger partial charge is 0.0954 e. The molecule has 2 aromatic heterocycles. The first-order chi connectivity index (χ1) is 10.1. The largest absolute Gasteiger partial charge is 0.398 e. The van der Waals surface area contributed by atoms with Crippen molar-refractivity contribution in [3.05, 3.63) is 59.0 Å². The predicted molar refractivity (Wildman–Crippen MR) is 90.1 cm³/mol. The highest BCUT2D eigenvalue weighted by molar-refractivity contribution is 9.10. The van der Waals surface area contributed by atoms with Crippen LogP contribution < -0.4 is 11.1 Å². The summed E-state index contributed by atoms with van der Waals surface area (Å²) in [5.74, 6) is 0. The Labute approximate surface area is 131 Å². The molecule has 4 nitrogen and oxygen atoms in total. The number of aromatic nitrogens is 2. The van der Waals surface area contributed by atoms with E-state index >= 15 is 0 Å². The third kappa shape index (κ3) is 2.83. The molecule has 0 saturated heterocycles. The fraction of sp³-hybridized carbons (Fsp3) is 0.125. The number of nitrogen functional groups attached to an aromatic ring is 1. The van der Waals surface area contributed by atoms with Crippen molar-refractivity contribution in [3.63, 3.8) is 0 Å². The molecule has 21 heavy (non-hydrogen) atoms. The van der Waals surface area contributed by atoms with Crippen LogP contribution in [0.25, 0.3) is 10.9 Å². The third-order valence-electron chi connectivity index (χ3n) is 3.41. The number of nitrogens with two attached hydrogens (primary N) is 1. The Balaban J connectivity index is 2.00. The van der Waals surface area contributed by atoms with E-state index in [-0.39, 0.29) is 6.04 Å². The Morgan fingerprint density at radius 3 is 2.86 bits per heavy atom. The van der Waals surface area contributed by atoms with Crippen molar-refractivity contribution in [2.75, 3.05) is 11.1 Å². The quantitative estimate of drug-likeness (QED) is 0.702. The molecule has 106 valence electrons. The van der Waals surface area contributed by atoms with Gasteiger partial charge in [0.25, 0.3) is 0 Å². The van der Waals surface area contributed by atoms with Crippen LogP contribution in [0.3, 0.4) is 0 Å². The fourth-order valence-electron chi connectivity index (χ4n) is 2.28. The summed E-state index contributed by atoms with van der Waals surface area (Å²) in [5, 5.41) is 4.41. The Kier molecular flexibility index (Phi) is 3.75. The van der Waals surface area contributed by atoms with E-state index in [0.29, 0.717) is 0 Å². The summed E-state index contributed by atoms with van der Waals surface area (Å²) < 4.78 is 0.916. The number of anilines is 2. The lowest BCUT2D eigenvalue weighted by atomic mass is 10.1. The molecule has 0 amide bonds. The number of benzene rings is 1. The lowest BCUT2D eigenvalue weighted by molar-refractivity contribution is 0.877. The second-order valence-corrected chi connectivity index (χ2v) is 5.82. The summed E-state index contributed by atoms with van der Waals surface area (Å²) in [6.45, 7) is 2.10. The maximum atomic E-state index is 6.04. The first-order valence-corrected chi connectivity index (χ1v) is 7.44. The van der Waals surface area contributed by atoms with E-state index in [2.05, 4.69) is 38.1 Å². The van der Waals surface area contributed by atoms with Crippen LogP contribution >= 0.6 is 15.9 Å². The van der Waals surface area contributed by atoms with Crippen molar-refractivity contribution in [1.29, 1.82) is 0 Å². The maximum Gasteiger partial charge on any atom is 0.0954 e. The zero-order valence-electron chi connectivity index (χ0n) is 11.5. The lowest BCUT2D eigenvalue weighted by Crippen LogP contribution is -2.08. The van der Waals surface area contributed by atoms with Gasteiger partial charge in [-0.2, -0.15) is 0 Å². The summed E-state index contributed by atoms with van der Waals surface area (Å²) in [4.78, 5) is 8.64. The minimum absolute atomic E-state index is 0.135. The molecule has 0 radical (unpaired) electrons. The minimum atomic E-state index is 0.135. The monoisotopic (exact) mass is 342 g/mol. The number of halogens is 1. The van der Waals surface area contributed by atoms with Crippen LogP contribution in [-0.2, 0) is 0 Å². The number of nitrogens with one attached hydrogen (secondary N) is 1. The van der Waals surface area contributed by atoms with Gasteiger partial charge in [0.05, 0.1) is 17.2 Å². The molecule has 0 bridgehead atoms. The van der Waals surface area contributed by atoms with Gasteiger partial charge >= 0.3 is 0 Å². The second kappa shape index (κ2) is 5.69. The number of hydrogen-bond donors (Lipinski definition) is 2. The van der Waals surface area contributed by atoms with E-state index in [1.54, 1.807) is 12.4 Å². The standard InChI is InChI=1S/C16H15BrN4/c1-10(11-3-2-6-19-8-11)21-15-5-4-14(18)13-7-12(17)9-20-16(13)15/h2-10,21H,18H2,1H3. The summed E-state index contributed by atoms with van der Waals surface area (Å²) in [6.07, 6.45) is 5.41. The van der Waals surface area contributed by atoms with Crippen molar-refractivity contribution in [1.82, 2.24) is 9.97 Å². The number of rotatable bonds is 3. The Hall–Kier alpha value is -2.14. The predicted octanol–water partition coefficient (Wildman–Crippen LogP) is 4.15. The summed E-state index contributed by atoms with van der Waals surface area (Å²) >= 11 is 3.43. The van der Waals surface area contributed by atoms with E-state index in [1.165, 1.54) is 0 Å². The molecule has 5 heteroatoms. The van der Waals surface area contributed by atoms with Crippen molar-refractivity contribution in [2.24, 2.45) is 0 Å². The van der Waals surface area contributed by atoms with Crippen LogP contribution in [0, 0.1) is 0 Å². The van der Waals surface area contributed by atoms with Gasteiger partial charge in [0.2, 0.25) is 0 Å². The zero-order valence-corrected chi connectivity index (χ0v) is 13.1. The Morgan fingerprint density at radius 1 is 1.24 bits per heavy atom. The highest BCUT2D eigenvalue weighted by Gasteiger charge is 2.10. The van der Waals surface area contributed by atoms with Crippen LogP contribution in [0.2, 0.25) is 0 Å². The third-order valence-corrected chi connectivity index (χ3v) is 3.84. The van der Waals surface area contributed by atoms with Gasteiger partial charge in [-0.3, -0.25) is 9.97 Å².